The number of rotatable bonds is 7. The van der Waals surface area contributed by atoms with Crippen LogP contribution in [0.5, 0.6) is 0 Å². The predicted molar refractivity (Wildman–Crippen MR) is 61.0 cm³/mol. The summed E-state index contributed by atoms with van der Waals surface area (Å²) in [6, 6.07) is -1.75. The lowest BCUT2D eigenvalue weighted by Gasteiger charge is -2.10. The first-order valence-electron chi connectivity index (χ1n) is 5.22. The van der Waals surface area contributed by atoms with Crippen molar-refractivity contribution in [1.82, 2.24) is 0 Å². The molecule has 0 aromatic heterocycles. The highest BCUT2D eigenvalue weighted by Gasteiger charge is 2.20. The summed E-state index contributed by atoms with van der Waals surface area (Å²) in [5.41, 5.74) is 0.492. The number of hydrogen-bond acceptors (Lipinski definition) is 6. The van der Waals surface area contributed by atoms with Crippen molar-refractivity contribution < 1.29 is 14.5 Å². The predicted octanol–water partition coefficient (Wildman–Crippen LogP) is 1.69. The lowest BCUT2D eigenvalue weighted by Crippen LogP contribution is -2.21. The summed E-state index contributed by atoms with van der Waals surface area (Å²) < 4.78 is 4.63. The average Bonchev–Trinajstić information content (AvgIpc) is 2.28. The van der Waals surface area contributed by atoms with E-state index in [1.165, 1.54) is 19.9 Å². The quantitative estimate of drug-likeness (QED) is 0.223. The van der Waals surface area contributed by atoms with Crippen LogP contribution in [0.15, 0.2) is 16.8 Å². The molecule has 0 aromatic rings. The average molecular weight is 244 g/mol. The summed E-state index contributed by atoms with van der Waals surface area (Å²) >= 11 is 0. The van der Waals surface area contributed by atoms with Gasteiger partial charge < -0.3 is 4.74 Å². The number of carbonyl (C=O) groups is 1. The summed E-state index contributed by atoms with van der Waals surface area (Å²) in [5, 5.41) is 13.4. The van der Waals surface area contributed by atoms with Crippen molar-refractivity contribution in [2.75, 3.05) is 6.61 Å². The van der Waals surface area contributed by atoms with E-state index in [2.05, 4.69) is 9.91 Å². The molecule has 7 nitrogen and oxygen atoms in total. The van der Waals surface area contributed by atoms with Gasteiger partial charge in [-0.05, 0) is 12.5 Å². The molecule has 0 rings (SSSR count). The lowest BCUT2D eigenvalue weighted by molar-refractivity contribution is -0.508. The SMILES string of the molecule is CCC(=CC(COC(C)=O)N=O)C(C)[N+](=O)[O-]. The summed E-state index contributed by atoms with van der Waals surface area (Å²) in [6.45, 7) is 4.21. The Morgan fingerprint density at radius 3 is 2.53 bits per heavy atom. The van der Waals surface area contributed by atoms with Crippen LogP contribution in [0, 0.1) is 15.0 Å². The van der Waals surface area contributed by atoms with E-state index in [4.69, 9.17) is 0 Å². The fraction of sp³-hybridized carbons (Fsp3) is 0.700. The molecule has 0 heterocycles. The highest BCUT2D eigenvalue weighted by molar-refractivity contribution is 5.65. The van der Waals surface area contributed by atoms with Crippen LogP contribution in [0.4, 0.5) is 0 Å². The minimum Gasteiger partial charge on any atom is -0.463 e. The van der Waals surface area contributed by atoms with Crippen molar-refractivity contribution >= 4 is 5.97 Å². The van der Waals surface area contributed by atoms with E-state index < -0.39 is 23.0 Å². The van der Waals surface area contributed by atoms with Gasteiger partial charge in [0.25, 0.3) is 0 Å². The summed E-state index contributed by atoms with van der Waals surface area (Å²) in [7, 11) is 0. The van der Waals surface area contributed by atoms with E-state index in [0.717, 1.165) is 0 Å². The van der Waals surface area contributed by atoms with Crippen LogP contribution in [-0.4, -0.2) is 29.6 Å². The van der Waals surface area contributed by atoms with E-state index in [-0.39, 0.29) is 6.61 Å². The van der Waals surface area contributed by atoms with Crippen LogP contribution >= 0.6 is 0 Å². The molecule has 0 aliphatic carbocycles. The minimum atomic E-state index is -0.878. The van der Waals surface area contributed by atoms with Gasteiger partial charge >= 0.3 is 5.97 Å². The van der Waals surface area contributed by atoms with E-state index in [1.807, 2.05) is 0 Å². The molecule has 17 heavy (non-hydrogen) atoms. The number of ether oxygens (including phenoxy) is 1. The van der Waals surface area contributed by atoms with Crippen molar-refractivity contribution in [3.8, 4) is 0 Å². The second-order valence-electron chi connectivity index (χ2n) is 3.53. The van der Waals surface area contributed by atoms with E-state index in [9.17, 15) is 19.8 Å². The molecule has 0 saturated carbocycles. The third-order valence-corrected chi connectivity index (χ3v) is 2.26. The molecule has 0 aliphatic heterocycles. The second-order valence-corrected chi connectivity index (χ2v) is 3.53. The normalized spacial score (nSPS) is 14.9. The van der Waals surface area contributed by atoms with Gasteiger partial charge in [0.15, 0.2) is 0 Å². The van der Waals surface area contributed by atoms with Crippen LogP contribution < -0.4 is 0 Å². The van der Waals surface area contributed by atoms with Gasteiger partial charge in [0, 0.05) is 24.3 Å². The number of hydrogen-bond donors (Lipinski definition) is 0. The highest BCUT2D eigenvalue weighted by Crippen LogP contribution is 2.12. The van der Waals surface area contributed by atoms with Gasteiger partial charge in [-0.1, -0.05) is 12.1 Å². The second kappa shape index (κ2) is 7.48. The molecule has 0 aromatic carbocycles. The summed E-state index contributed by atoms with van der Waals surface area (Å²) in [4.78, 5) is 31.2. The third-order valence-electron chi connectivity index (χ3n) is 2.26. The number of nitrogens with zero attached hydrogens (tertiary/aromatic N) is 2. The fourth-order valence-electron chi connectivity index (χ4n) is 1.25. The van der Waals surface area contributed by atoms with Gasteiger partial charge in [-0.3, -0.25) is 14.9 Å². The Morgan fingerprint density at radius 1 is 1.59 bits per heavy atom. The molecule has 0 spiro atoms. The molecule has 2 unspecified atom stereocenters. The largest absolute Gasteiger partial charge is 0.463 e. The smallest absolute Gasteiger partial charge is 0.302 e. The first kappa shape index (κ1) is 15.2. The molecule has 7 heteroatoms. The molecule has 0 N–H and O–H groups in total. The van der Waals surface area contributed by atoms with Gasteiger partial charge in [0.1, 0.15) is 12.6 Å². The summed E-state index contributed by atoms with van der Waals surface area (Å²) in [5.74, 6) is -0.521. The van der Waals surface area contributed by atoms with Gasteiger partial charge in [-0.2, -0.15) is 4.91 Å². The fourth-order valence-corrected chi connectivity index (χ4v) is 1.25. The molecule has 96 valence electrons. The molecule has 0 saturated heterocycles. The Morgan fingerprint density at radius 2 is 2.18 bits per heavy atom. The number of carbonyl (C=O) groups excluding carboxylic acids is 1. The van der Waals surface area contributed by atoms with E-state index in [0.29, 0.717) is 12.0 Å². The first-order valence-corrected chi connectivity index (χ1v) is 5.22. The zero-order valence-electron chi connectivity index (χ0n) is 10.1. The molecule has 0 amide bonds. The van der Waals surface area contributed by atoms with Crippen LogP contribution in [-0.2, 0) is 9.53 Å². The molecular weight excluding hydrogens is 228 g/mol. The lowest BCUT2D eigenvalue weighted by atomic mass is 10.0. The van der Waals surface area contributed by atoms with Crippen molar-refractivity contribution in [2.24, 2.45) is 5.18 Å². The van der Waals surface area contributed by atoms with Crippen molar-refractivity contribution in [2.45, 2.75) is 39.3 Å². The van der Waals surface area contributed by atoms with Crippen molar-refractivity contribution in [3.05, 3.63) is 26.7 Å². The molecule has 2 atom stereocenters. The topological polar surface area (TPSA) is 98.9 Å². The van der Waals surface area contributed by atoms with Gasteiger partial charge in [-0.25, -0.2) is 0 Å². The van der Waals surface area contributed by atoms with E-state index in [1.54, 1.807) is 6.92 Å². The van der Waals surface area contributed by atoms with Crippen molar-refractivity contribution in [1.29, 1.82) is 0 Å². The maximum atomic E-state index is 10.6. The number of nitro groups is 1. The first-order chi connectivity index (χ1) is 7.92. The Bertz CT molecular complexity index is 327. The zero-order valence-corrected chi connectivity index (χ0v) is 10.1. The van der Waals surface area contributed by atoms with Crippen LogP contribution in [0.3, 0.4) is 0 Å². The Hall–Kier alpha value is -1.79. The van der Waals surface area contributed by atoms with Crippen molar-refractivity contribution in [3.63, 3.8) is 0 Å². The third kappa shape index (κ3) is 5.74. The molecule has 0 aliphatic rings. The molecular formula is C10H16N2O5. The number of esters is 1. The monoisotopic (exact) mass is 244 g/mol. The van der Waals surface area contributed by atoms with Gasteiger partial charge in [0.2, 0.25) is 6.04 Å². The molecule has 0 fully saturated rings. The van der Waals surface area contributed by atoms with Gasteiger partial charge in [0.05, 0.1) is 0 Å². The minimum absolute atomic E-state index is 0.188. The van der Waals surface area contributed by atoms with E-state index >= 15 is 0 Å². The van der Waals surface area contributed by atoms with Crippen LogP contribution in [0.1, 0.15) is 27.2 Å². The standard InChI is InChI=1S/C10H16N2O5/c1-4-9(7(2)12(15)16)5-10(11-14)6-17-8(3)13/h5,7,10H,4,6H2,1-3H3. The molecule has 0 radical (unpaired) electrons. The summed E-state index contributed by atoms with van der Waals surface area (Å²) in [6.07, 6.45) is 1.83. The molecule has 0 bridgehead atoms. The maximum absolute atomic E-state index is 10.6. The highest BCUT2D eigenvalue weighted by atomic mass is 16.6. The maximum Gasteiger partial charge on any atom is 0.302 e. The van der Waals surface area contributed by atoms with Crippen LogP contribution in [0.25, 0.3) is 0 Å². The number of nitroso groups, excluding NO2 is 1. The Labute approximate surface area is 99.0 Å². The Balaban J connectivity index is 4.70. The van der Waals surface area contributed by atoms with Gasteiger partial charge in [-0.15, -0.1) is 0 Å². The van der Waals surface area contributed by atoms with Crippen LogP contribution in [0.2, 0.25) is 0 Å². The zero-order chi connectivity index (χ0) is 13.4. The Kier molecular flexibility index (Phi) is 6.69.